The van der Waals surface area contributed by atoms with Gasteiger partial charge in [-0.05, 0) is 53.6 Å². The van der Waals surface area contributed by atoms with Gasteiger partial charge in [-0.1, -0.05) is 41.4 Å². The van der Waals surface area contributed by atoms with Crippen LogP contribution in [0.4, 0.5) is 0 Å². The molecule has 2 heterocycles. The van der Waals surface area contributed by atoms with Crippen molar-refractivity contribution in [1.29, 1.82) is 0 Å². The van der Waals surface area contributed by atoms with E-state index in [1.165, 1.54) is 5.01 Å². The van der Waals surface area contributed by atoms with E-state index < -0.39 is 0 Å². The lowest BCUT2D eigenvalue weighted by atomic mass is 9.99. The summed E-state index contributed by atoms with van der Waals surface area (Å²) >= 11 is 11.9. The molecule has 1 aromatic heterocycles. The number of benzene rings is 2. The van der Waals surface area contributed by atoms with Crippen LogP contribution in [0.2, 0.25) is 10.0 Å². The van der Waals surface area contributed by atoms with Gasteiger partial charge in [0.1, 0.15) is 0 Å². The molecule has 1 aliphatic heterocycles. The zero-order valence-electron chi connectivity index (χ0n) is 14.2. The van der Waals surface area contributed by atoms with Gasteiger partial charge in [-0.15, -0.1) is 0 Å². The number of carbonyl (C=O) groups is 1. The normalized spacial score (nSPS) is 16.3. The van der Waals surface area contributed by atoms with Crippen molar-refractivity contribution in [2.24, 2.45) is 5.10 Å². The molecular formula is C21H15Cl2N3O. The van der Waals surface area contributed by atoms with Crippen LogP contribution in [0.3, 0.4) is 0 Å². The number of rotatable bonds is 3. The summed E-state index contributed by atoms with van der Waals surface area (Å²) in [6, 6.07) is 17.9. The Morgan fingerprint density at radius 1 is 0.963 bits per heavy atom. The van der Waals surface area contributed by atoms with Crippen molar-refractivity contribution < 1.29 is 4.79 Å². The molecule has 0 bridgehead atoms. The van der Waals surface area contributed by atoms with E-state index in [9.17, 15) is 4.79 Å². The predicted molar refractivity (Wildman–Crippen MR) is 107 cm³/mol. The van der Waals surface area contributed by atoms with Gasteiger partial charge in [-0.2, -0.15) is 5.10 Å². The van der Waals surface area contributed by atoms with Crippen LogP contribution in [0.25, 0.3) is 0 Å². The third-order valence-corrected chi connectivity index (χ3v) is 4.96. The lowest BCUT2D eigenvalue weighted by Crippen LogP contribution is -2.27. The fourth-order valence-electron chi connectivity index (χ4n) is 3.07. The standard InChI is InChI=1S/C21H15Cl2N3O/c22-17-7-3-14(4-8-17)19-12-20(16-2-1-11-24-13-16)26(25-19)21(27)15-5-9-18(23)10-6-15/h1-11,13,20H,12H2. The van der Waals surface area contributed by atoms with Crippen LogP contribution in [-0.4, -0.2) is 21.6 Å². The van der Waals surface area contributed by atoms with E-state index in [4.69, 9.17) is 23.2 Å². The fourth-order valence-corrected chi connectivity index (χ4v) is 3.32. The molecular weight excluding hydrogens is 381 g/mol. The molecule has 27 heavy (non-hydrogen) atoms. The summed E-state index contributed by atoms with van der Waals surface area (Å²) in [4.78, 5) is 17.3. The predicted octanol–water partition coefficient (Wildman–Crippen LogP) is 5.38. The first-order chi connectivity index (χ1) is 13.1. The van der Waals surface area contributed by atoms with Crippen molar-refractivity contribution in [3.05, 3.63) is 99.8 Å². The number of nitrogens with zero attached hydrogens (tertiary/aromatic N) is 3. The largest absolute Gasteiger partial charge is 0.274 e. The van der Waals surface area contributed by atoms with Crippen LogP contribution < -0.4 is 0 Å². The molecule has 134 valence electrons. The van der Waals surface area contributed by atoms with Crippen molar-refractivity contribution in [3.63, 3.8) is 0 Å². The van der Waals surface area contributed by atoms with Gasteiger partial charge < -0.3 is 0 Å². The van der Waals surface area contributed by atoms with Gasteiger partial charge in [0.25, 0.3) is 5.91 Å². The molecule has 0 spiro atoms. The summed E-state index contributed by atoms with van der Waals surface area (Å²) in [5, 5.41) is 7.42. The monoisotopic (exact) mass is 395 g/mol. The molecule has 0 radical (unpaired) electrons. The smallest absolute Gasteiger partial charge is 0.267 e. The Balaban J connectivity index is 1.72. The first-order valence-corrected chi connectivity index (χ1v) is 9.20. The average Bonchev–Trinajstić information content (AvgIpc) is 3.15. The molecule has 0 saturated heterocycles. The Morgan fingerprint density at radius 3 is 2.26 bits per heavy atom. The van der Waals surface area contributed by atoms with Crippen LogP contribution >= 0.6 is 23.2 Å². The maximum Gasteiger partial charge on any atom is 0.274 e. The first-order valence-electron chi connectivity index (χ1n) is 8.44. The summed E-state index contributed by atoms with van der Waals surface area (Å²) in [6.07, 6.45) is 4.09. The Morgan fingerprint density at radius 2 is 1.63 bits per heavy atom. The van der Waals surface area contributed by atoms with E-state index in [1.54, 1.807) is 36.7 Å². The zero-order chi connectivity index (χ0) is 18.8. The SMILES string of the molecule is O=C(c1ccc(Cl)cc1)N1N=C(c2ccc(Cl)cc2)CC1c1cccnc1. The van der Waals surface area contributed by atoms with Crippen molar-refractivity contribution in [3.8, 4) is 0 Å². The minimum absolute atomic E-state index is 0.176. The van der Waals surface area contributed by atoms with Gasteiger partial charge in [0.15, 0.2) is 0 Å². The summed E-state index contributed by atoms with van der Waals surface area (Å²) in [5.41, 5.74) is 3.25. The number of aromatic nitrogens is 1. The summed E-state index contributed by atoms with van der Waals surface area (Å²) in [6.45, 7) is 0. The molecule has 0 fully saturated rings. The molecule has 0 N–H and O–H groups in total. The summed E-state index contributed by atoms with van der Waals surface area (Å²) in [7, 11) is 0. The number of carbonyl (C=O) groups excluding carboxylic acids is 1. The number of hydrogen-bond donors (Lipinski definition) is 0. The van der Waals surface area contributed by atoms with Crippen LogP contribution in [0.1, 0.15) is 33.9 Å². The molecule has 4 nitrogen and oxygen atoms in total. The number of hydrazone groups is 1. The van der Waals surface area contributed by atoms with Gasteiger partial charge in [0.2, 0.25) is 0 Å². The summed E-state index contributed by atoms with van der Waals surface area (Å²) < 4.78 is 0. The Hall–Kier alpha value is -2.69. The molecule has 1 atom stereocenters. The summed E-state index contributed by atoms with van der Waals surface area (Å²) in [5.74, 6) is -0.176. The van der Waals surface area contributed by atoms with E-state index in [2.05, 4.69) is 10.1 Å². The Bertz CT molecular complexity index is 986. The highest BCUT2D eigenvalue weighted by atomic mass is 35.5. The van der Waals surface area contributed by atoms with Crippen molar-refractivity contribution in [2.75, 3.05) is 0 Å². The average molecular weight is 396 g/mol. The van der Waals surface area contributed by atoms with Gasteiger partial charge in [-0.25, -0.2) is 5.01 Å². The van der Waals surface area contributed by atoms with Crippen LogP contribution in [0.5, 0.6) is 0 Å². The van der Waals surface area contributed by atoms with Crippen molar-refractivity contribution >= 4 is 34.8 Å². The second kappa shape index (κ2) is 7.51. The van der Waals surface area contributed by atoms with Gasteiger partial charge >= 0.3 is 0 Å². The van der Waals surface area contributed by atoms with Gasteiger partial charge in [0, 0.05) is 34.4 Å². The Labute approximate surface area is 167 Å². The first kappa shape index (κ1) is 17.7. The topological polar surface area (TPSA) is 45.6 Å². The lowest BCUT2D eigenvalue weighted by molar-refractivity contribution is 0.0711. The van der Waals surface area contributed by atoms with E-state index in [0.717, 1.165) is 16.8 Å². The number of hydrogen-bond acceptors (Lipinski definition) is 3. The minimum Gasteiger partial charge on any atom is -0.267 e. The number of amides is 1. The van der Waals surface area contributed by atoms with Crippen LogP contribution in [-0.2, 0) is 0 Å². The molecule has 1 amide bonds. The third kappa shape index (κ3) is 3.72. The molecule has 0 saturated carbocycles. The van der Waals surface area contributed by atoms with E-state index in [1.807, 2.05) is 36.4 Å². The minimum atomic E-state index is -0.215. The Kier molecular flexibility index (Phi) is 4.92. The maximum absolute atomic E-state index is 13.1. The second-order valence-electron chi connectivity index (χ2n) is 6.22. The molecule has 3 aromatic rings. The van der Waals surface area contributed by atoms with Crippen molar-refractivity contribution in [1.82, 2.24) is 9.99 Å². The lowest BCUT2D eigenvalue weighted by Gasteiger charge is -2.21. The van der Waals surface area contributed by atoms with Gasteiger partial charge in [0.05, 0.1) is 11.8 Å². The third-order valence-electron chi connectivity index (χ3n) is 4.46. The molecule has 2 aromatic carbocycles. The maximum atomic E-state index is 13.1. The van der Waals surface area contributed by atoms with Crippen molar-refractivity contribution in [2.45, 2.75) is 12.5 Å². The molecule has 1 aliphatic rings. The highest BCUT2D eigenvalue weighted by Gasteiger charge is 2.33. The number of pyridine rings is 1. The molecule has 6 heteroatoms. The van der Waals surface area contributed by atoms with Crippen LogP contribution in [0, 0.1) is 0 Å². The molecule has 1 unspecified atom stereocenters. The number of halogens is 2. The quantitative estimate of drug-likeness (QED) is 0.597. The zero-order valence-corrected chi connectivity index (χ0v) is 15.7. The molecule has 0 aliphatic carbocycles. The second-order valence-corrected chi connectivity index (χ2v) is 7.09. The van der Waals surface area contributed by atoms with E-state index in [-0.39, 0.29) is 11.9 Å². The van der Waals surface area contributed by atoms with E-state index in [0.29, 0.717) is 22.0 Å². The fraction of sp³-hybridized carbons (Fsp3) is 0.0952. The van der Waals surface area contributed by atoms with E-state index >= 15 is 0 Å². The van der Waals surface area contributed by atoms with Crippen LogP contribution in [0.15, 0.2) is 78.2 Å². The molecule has 4 rings (SSSR count). The highest BCUT2D eigenvalue weighted by Crippen LogP contribution is 2.33. The highest BCUT2D eigenvalue weighted by molar-refractivity contribution is 6.31. The van der Waals surface area contributed by atoms with Gasteiger partial charge in [-0.3, -0.25) is 9.78 Å².